The fourth-order valence-electron chi connectivity index (χ4n) is 3.72. The Morgan fingerprint density at radius 3 is 2.29 bits per heavy atom. The molecule has 0 heterocycles. The van der Waals surface area contributed by atoms with E-state index in [9.17, 15) is 13.5 Å². The molecule has 3 aromatic rings. The molecule has 4 N–H and O–H groups in total. The summed E-state index contributed by atoms with van der Waals surface area (Å²) in [6.07, 6.45) is -0.542. The minimum absolute atomic E-state index is 0.0126. The number of primary sulfonamides is 1. The Labute approximate surface area is 201 Å². The van der Waals surface area contributed by atoms with Gasteiger partial charge in [-0.05, 0) is 48.7 Å². The van der Waals surface area contributed by atoms with E-state index in [-0.39, 0.29) is 23.6 Å². The Hall–Kier alpha value is -2.91. The molecule has 0 aliphatic rings. The van der Waals surface area contributed by atoms with Gasteiger partial charge in [-0.3, -0.25) is 0 Å². The van der Waals surface area contributed by atoms with Crippen LogP contribution in [0.4, 0.5) is 0 Å². The van der Waals surface area contributed by atoms with Gasteiger partial charge in [0, 0.05) is 19.0 Å². The molecule has 0 amide bonds. The van der Waals surface area contributed by atoms with Gasteiger partial charge in [-0.1, -0.05) is 54.6 Å². The van der Waals surface area contributed by atoms with Crippen LogP contribution in [0, 0.1) is 6.92 Å². The van der Waals surface area contributed by atoms with Crippen molar-refractivity contribution in [3.05, 3.63) is 89.5 Å². The van der Waals surface area contributed by atoms with Crippen LogP contribution in [0.15, 0.2) is 77.7 Å². The standard InChI is InChI=1S/C26H32N2O5S/c1-18-13-14-21(16-26(18)34(27,30)31)22(29)17-28-19(2)25(15-20-9-5-4-6-10-20)33-24-12-8-7-11-23(24)32-3/h4-14,16,19,22,25,28-29H,15,17H2,1-3H3,(H2,27,30,31). The first-order valence-electron chi connectivity index (χ1n) is 11.1. The molecule has 3 atom stereocenters. The number of nitrogens with two attached hydrogens (primary N) is 1. The minimum atomic E-state index is -3.87. The van der Waals surface area contributed by atoms with E-state index in [1.807, 2.05) is 61.5 Å². The van der Waals surface area contributed by atoms with Crippen molar-refractivity contribution in [1.29, 1.82) is 0 Å². The van der Waals surface area contributed by atoms with E-state index in [0.29, 0.717) is 29.0 Å². The Bertz CT molecular complexity index is 1180. The highest BCUT2D eigenvalue weighted by Crippen LogP contribution is 2.28. The maximum atomic E-state index is 11.8. The Morgan fingerprint density at radius 1 is 1.00 bits per heavy atom. The summed E-state index contributed by atoms with van der Waals surface area (Å²) in [6, 6.07) is 22.1. The van der Waals surface area contributed by atoms with Gasteiger partial charge >= 0.3 is 0 Å². The van der Waals surface area contributed by atoms with E-state index in [1.165, 1.54) is 6.07 Å². The molecule has 3 rings (SSSR count). The maximum absolute atomic E-state index is 11.8. The van der Waals surface area contributed by atoms with Gasteiger partial charge in [0.15, 0.2) is 11.5 Å². The SMILES string of the molecule is COc1ccccc1OC(Cc1ccccc1)C(C)NCC(O)c1ccc(C)c(S(N)(=O)=O)c1. The Kier molecular flexibility index (Phi) is 8.68. The van der Waals surface area contributed by atoms with Crippen molar-refractivity contribution in [3.63, 3.8) is 0 Å². The third-order valence-corrected chi connectivity index (χ3v) is 6.77. The molecular weight excluding hydrogens is 452 g/mol. The molecule has 0 bridgehead atoms. The van der Waals surface area contributed by atoms with Crippen LogP contribution in [0.25, 0.3) is 0 Å². The summed E-state index contributed by atoms with van der Waals surface area (Å²) in [6.45, 7) is 3.86. The smallest absolute Gasteiger partial charge is 0.238 e. The van der Waals surface area contributed by atoms with Gasteiger partial charge in [0.1, 0.15) is 6.10 Å². The summed E-state index contributed by atoms with van der Waals surface area (Å²) in [5.74, 6) is 1.28. The Balaban J connectivity index is 1.75. The maximum Gasteiger partial charge on any atom is 0.238 e. The first-order chi connectivity index (χ1) is 16.2. The fraction of sp³-hybridized carbons (Fsp3) is 0.308. The quantitative estimate of drug-likeness (QED) is 0.385. The highest BCUT2D eigenvalue weighted by Gasteiger charge is 2.23. The molecule has 7 nitrogen and oxygen atoms in total. The summed E-state index contributed by atoms with van der Waals surface area (Å²) in [5.41, 5.74) is 2.13. The van der Waals surface area contributed by atoms with Gasteiger partial charge in [0.25, 0.3) is 0 Å². The van der Waals surface area contributed by atoms with Crippen molar-refractivity contribution in [2.75, 3.05) is 13.7 Å². The summed E-state index contributed by atoms with van der Waals surface area (Å²) in [5, 5.41) is 19.4. The number of para-hydroxylation sites is 2. The van der Waals surface area contributed by atoms with Gasteiger partial charge in [0.05, 0.1) is 18.1 Å². The van der Waals surface area contributed by atoms with Crippen LogP contribution >= 0.6 is 0 Å². The highest BCUT2D eigenvalue weighted by molar-refractivity contribution is 7.89. The first kappa shape index (κ1) is 25.7. The topological polar surface area (TPSA) is 111 Å². The summed E-state index contributed by atoms with van der Waals surface area (Å²) in [4.78, 5) is 0.0126. The third-order valence-electron chi connectivity index (χ3n) is 5.72. The second-order valence-corrected chi connectivity index (χ2v) is 9.81. The number of aryl methyl sites for hydroxylation is 1. The fourth-order valence-corrected chi connectivity index (χ4v) is 4.54. The average molecular weight is 485 g/mol. The number of aliphatic hydroxyl groups excluding tert-OH is 1. The number of sulfonamides is 1. The van der Waals surface area contributed by atoms with Gasteiger partial charge in [-0.25, -0.2) is 13.6 Å². The molecule has 8 heteroatoms. The average Bonchev–Trinajstić information content (AvgIpc) is 2.82. The second-order valence-electron chi connectivity index (χ2n) is 8.28. The molecule has 0 aromatic heterocycles. The number of nitrogens with one attached hydrogen (secondary N) is 1. The predicted octanol–water partition coefficient (Wildman–Crippen LogP) is 3.35. The number of hydrogen-bond donors (Lipinski definition) is 3. The van der Waals surface area contributed by atoms with Crippen LogP contribution in [0.1, 0.15) is 29.7 Å². The monoisotopic (exact) mass is 484 g/mol. The molecule has 0 aliphatic heterocycles. The largest absolute Gasteiger partial charge is 0.493 e. The van der Waals surface area contributed by atoms with Crippen molar-refractivity contribution in [2.24, 2.45) is 5.14 Å². The molecule has 0 saturated heterocycles. The normalized spacial score (nSPS) is 14.3. The first-order valence-corrected chi connectivity index (χ1v) is 12.6. The van der Waals surface area contributed by atoms with Gasteiger partial charge in [-0.15, -0.1) is 0 Å². The van der Waals surface area contributed by atoms with Crippen LogP contribution in [0.2, 0.25) is 0 Å². The zero-order valence-corrected chi connectivity index (χ0v) is 20.5. The van der Waals surface area contributed by atoms with Crippen LogP contribution in [-0.2, 0) is 16.4 Å². The van der Waals surface area contributed by atoms with Crippen molar-refractivity contribution in [1.82, 2.24) is 5.32 Å². The van der Waals surface area contributed by atoms with E-state index in [4.69, 9.17) is 14.6 Å². The molecule has 3 unspecified atom stereocenters. The van der Waals surface area contributed by atoms with E-state index in [1.54, 1.807) is 26.2 Å². The lowest BCUT2D eigenvalue weighted by atomic mass is 10.0. The summed E-state index contributed by atoms with van der Waals surface area (Å²) >= 11 is 0. The molecule has 0 spiro atoms. The van der Waals surface area contributed by atoms with Gasteiger partial charge in [-0.2, -0.15) is 0 Å². The number of aliphatic hydroxyl groups is 1. The molecule has 0 radical (unpaired) electrons. The highest BCUT2D eigenvalue weighted by atomic mass is 32.2. The number of hydrogen-bond acceptors (Lipinski definition) is 6. The van der Waals surface area contributed by atoms with E-state index < -0.39 is 16.1 Å². The molecule has 0 aliphatic carbocycles. The molecule has 0 saturated carbocycles. The van der Waals surface area contributed by atoms with Crippen LogP contribution in [-0.4, -0.2) is 39.3 Å². The number of benzene rings is 3. The lowest BCUT2D eigenvalue weighted by Gasteiger charge is -2.28. The number of methoxy groups -OCH3 is 1. The third kappa shape index (κ3) is 6.80. The zero-order valence-electron chi connectivity index (χ0n) is 19.6. The van der Waals surface area contributed by atoms with Gasteiger partial charge < -0.3 is 19.9 Å². The van der Waals surface area contributed by atoms with Crippen molar-refractivity contribution in [2.45, 2.75) is 43.4 Å². The van der Waals surface area contributed by atoms with Crippen molar-refractivity contribution in [3.8, 4) is 11.5 Å². The predicted molar refractivity (Wildman–Crippen MR) is 133 cm³/mol. The zero-order chi connectivity index (χ0) is 24.7. The van der Waals surface area contributed by atoms with Crippen LogP contribution < -0.4 is 19.9 Å². The van der Waals surface area contributed by atoms with Gasteiger partial charge in [0.2, 0.25) is 10.0 Å². The van der Waals surface area contributed by atoms with Crippen molar-refractivity contribution >= 4 is 10.0 Å². The Morgan fingerprint density at radius 2 is 1.65 bits per heavy atom. The lowest BCUT2D eigenvalue weighted by molar-refractivity contribution is 0.129. The summed E-state index contributed by atoms with van der Waals surface area (Å²) < 4.78 is 35.5. The molecule has 182 valence electrons. The van der Waals surface area contributed by atoms with Crippen LogP contribution in [0.3, 0.4) is 0 Å². The number of rotatable bonds is 11. The van der Waals surface area contributed by atoms with E-state index >= 15 is 0 Å². The van der Waals surface area contributed by atoms with Crippen LogP contribution in [0.5, 0.6) is 11.5 Å². The minimum Gasteiger partial charge on any atom is -0.493 e. The molecule has 34 heavy (non-hydrogen) atoms. The second kappa shape index (κ2) is 11.5. The van der Waals surface area contributed by atoms with E-state index in [0.717, 1.165) is 5.56 Å². The van der Waals surface area contributed by atoms with E-state index in [2.05, 4.69) is 5.32 Å². The summed E-state index contributed by atoms with van der Waals surface area (Å²) in [7, 11) is -2.27. The molecule has 0 fully saturated rings. The van der Waals surface area contributed by atoms with Crippen molar-refractivity contribution < 1.29 is 23.0 Å². The molecular formula is C26H32N2O5S. The molecule has 3 aromatic carbocycles. The lowest BCUT2D eigenvalue weighted by Crippen LogP contribution is -2.43. The number of ether oxygens (including phenoxy) is 2.